The molecule has 6 nitrogen and oxygen atoms in total. The average molecular weight is 366 g/mol. The number of rotatable bonds is 5. The molecule has 1 amide bonds. The molecular weight excluding hydrogens is 340 g/mol. The van der Waals surface area contributed by atoms with Gasteiger partial charge < -0.3 is 15.5 Å². The van der Waals surface area contributed by atoms with Crippen molar-refractivity contribution in [2.75, 3.05) is 5.32 Å². The van der Waals surface area contributed by atoms with Crippen LogP contribution in [0, 0.1) is 0 Å². The highest BCUT2D eigenvalue weighted by atomic mass is 16.3. The summed E-state index contributed by atoms with van der Waals surface area (Å²) in [7, 11) is 0. The Kier molecular flexibility index (Phi) is 5.28. The second-order valence-corrected chi connectivity index (χ2v) is 7.77. The van der Waals surface area contributed by atoms with Crippen molar-refractivity contribution >= 4 is 22.5 Å². The number of hydrogen-bond acceptors (Lipinski definition) is 5. The number of carbonyl (C=O) groups is 1. The minimum absolute atomic E-state index is 0.0275. The van der Waals surface area contributed by atoms with E-state index in [0.29, 0.717) is 11.6 Å². The number of anilines is 1. The van der Waals surface area contributed by atoms with E-state index in [1.807, 2.05) is 25.1 Å². The summed E-state index contributed by atoms with van der Waals surface area (Å²) >= 11 is 0. The smallest absolute Gasteiger partial charge is 0.277 e. The highest BCUT2D eigenvalue weighted by Gasteiger charge is 2.19. The predicted molar refractivity (Wildman–Crippen MR) is 107 cm³/mol. The lowest BCUT2D eigenvalue weighted by atomic mass is 9.84. The van der Waals surface area contributed by atoms with Crippen molar-refractivity contribution in [1.82, 2.24) is 9.97 Å². The summed E-state index contributed by atoms with van der Waals surface area (Å²) in [5.74, 6) is 0.0387. The molecule has 3 aromatic rings. The maximum absolute atomic E-state index is 12.5. The lowest BCUT2D eigenvalue weighted by Gasteiger charge is -2.21. The van der Waals surface area contributed by atoms with Crippen LogP contribution in [0.3, 0.4) is 0 Å². The Morgan fingerprint density at radius 2 is 2.11 bits per heavy atom. The van der Waals surface area contributed by atoms with E-state index in [1.54, 1.807) is 6.20 Å². The van der Waals surface area contributed by atoms with Crippen LogP contribution in [0.25, 0.3) is 10.9 Å². The van der Waals surface area contributed by atoms with Gasteiger partial charge in [-0.1, -0.05) is 46.2 Å². The molecule has 0 saturated carbocycles. The second kappa shape index (κ2) is 7.48. The van der Waals surface area contributed by atoms with Gasteiger partial charge in [0.2, 0.25) is 5.89 Å². The monoisotopic (exact) mass is 366 g/mol. The number of carbonyl (C=O) groups excluding carboxylic acids is 1. The molecule has 142 valence electrons. The van der Waals surface area contributed by atoms with Crippen molar-refractivity contribution in [1.29, 1.82) is 0 Å². The van der Waals surface area contributed by atoms with Gasteiger partial charge in [0, 0.05) is 5.39 Å². The summed E-state index contributed by atoms with van der Waals surface area (Å²) in [6, 6.07) is 7.72. The normalized spacial score (nSPS) is 12.9. The van der Waals surface area contributed by atoms with Gasteiger partial charge in [-0.25, -0.2) is 4.98 Å². The first-order chi connectivity index (χ1) is 12.8. The van der Waals surface area contributed by atoms with Crippen molar-refractivity contribution in [3.63, 3.8) is 0 Å². The van der Waals surface area contributed by atoms with Crippen LogP contribution in [0.4, 0.5) is 5.69 Å². The van der Waals surface area contributed by atoms with Gasteiger partial charge in [0.25, 0.3) is 5.91 Å². The van der Waals surface area contributed by atoms with E-state index < -0.39 is 0 Å². The zero-order valence-corrected chi connectivity index (χ0v) is 16.2. The van der Waals surface area contributed by atoms with E-state index in [9.17, 15) is 4.79 Å². The number of nitrogens with one attached hydrogen (secondary N) is 1. The van der Waals surface area contributed by atoms with Gasteiger partial charge in [-0.3, -0.25) is 9.78 Å². The fourth-order valence-corrected chi connectivity index (χ4v) is 3.06. The number of hydrogen-bond donors (Lipinski definition) is 2. The molecule has 3 rings (SSSR count). The molecule has 0 fully saturated rings. The number of aromatic nitrogens is 2. The Bertz CT molecular complexity index is 956. The highest BCUT2D eigenvalue weighted by Crippen LogP contribution is 2.30. The molecule has 0 aliphatic heterocycles. The van der Waals surface area contributed by atoms with Crippen LogP contribution in [0.2, 0.25) is 0 Å². The highest BCUT2D eigenvalue weighted by molar-refractivity contribution is 6.03. The second-order valence-electron chi connectivity index (χ2n) is 7.77. The van der Waals surface area contributed by atoms with Crippen molar-refractivity contribution in [3.05, 3.63) is 53.9 Å². The molecule has 2 aromatic heterocycles. The van der Waals surface area contributed by atoms with Crippen molar-refractivity contribution in [2.45, 2.75) is 52.0 Å². The summed E-state index contributed by atoms with van der Waals surface area (Å²) in [6.07, 6.45) is 4.67. The number of nitrogens with zero attached hydrogens (tertiary/aromatic N) is 2. The molecule has 0 saturated heterocycles. The molecule has 0 aliphatic rings. The maximum atomic E-state index is 12.5. The number of amides is 1. The third kappa shape index (κ3) is 4.17. The van der Waals surface area contributed by atoms with E-state index in [2.05, 4.69) is 42.1 Å². The standard InChI is InChI=1S/C21H26N4O2/c1-5-7-16(22)20-25-18(12-27-20)19(26)24-13-10-14-15(21(2,3)4)8-6-9-17(14)23-11-13/h6,8-12,16H,5,7,22H2,1-4H3,(H,24,26)/t16-/m1/s1. The van der Waals surface area contributed by atoms with Crippen LogP contribution >= 0.6 is 0 Å². The van der Waals surface area contributed by atoms with Gasteiger partial charge in [-0.2, -0.15) is 0 Å². The van der Waals surface area contributed by atoms with E-state index >= 15 is 0 Å². The number of nitrogens with two attached hydrogens (primary N) is 1. The van der Waals surface area contributed by atoms with Crippen molar-refractivity contribution in [3.8, 4) is 0 Å². The zero-order chi connectivity index (χ0) is 19.6. The van der Waals surface area contributed by atoms with Crippen LogP contribution in [0.15, 0.2) is 41.1 Å². The molecule has 1 aromatic carbocycles. The van der Waals surface area contributed by atoms with Gasteiger partial charge >= 0.3 is 0 Å². The first-order valence-corrected chi connectivity index (χ1v) is 9.21. The Balaban J connectivity index is 1.85. The van der Waals surface area contributed by atoms with Crippen LogP contribution in [0.1, 0.15) is 68.5 Å². The summed E-state index contributed by atoms with van der Waals surface area (Å²) in [5, 5.41) is 3.87. The molecule has 0 unspecified atom stereocenters. The summed E-state index contributed by atoms with van der Waals surface area (Å²) < 4.78 is 5.36. The first kappa shape index (κ1) is 19.0. The Hall–Kier alpha value is -2.73. The van der Waals surface area contributed by atoms with Gasteiger partial charge in [0.15, 0.2) is 5.69 Å². The molecule has 2 heterocycles. The fraction of sp³-hybridized carbons (Fsp3) is 0.381. The molecule has 0 radical (unpaired) electrons. The van der Waals surface area contributed by atoms with Gasteiger partial charge in [0.05, 0.1) is 23.4 Å². The Labute approximate surface area is 159 Å². The molecule has 6 heteroatoms. The largest absolute Gasteiger partial charge is 0.446 e. The van der Waals surface area contributed by atoms with Gasteiger partial charge in [-0.15, -0.1) is 0 Å². The average Bonchev–Trinajstić information content (AvgIpc) is 3.11. The SMILES string of the molecule is CCC[C@@H](N)c1nc(C(=O)Nc2cnc3cccc(C(C)(C)C)c3c2)co1. The first-order valence-electron chi connectivity index (χ1n) is 9.21. The molecule has 0 bridgehead atoms. The third-order valence-corrected chi connectivity index (χ3v) is 4.46. The summed E-state index contributed by atoms with van der Waals surface area (Å²) in [5.41, 5.74) is 8.87. The van der Waals surface area contributed by atoms with E-state index in [0.717, 1.165) is 23.7 Å². The van der Waals surface area contributed by atoms with Gasteiger partial charge in [0.1, 0.15) is 6.26 Å². The number of fused-ring (bicyclic) bond motifs is 1. The van der Waals surface area contributed by atoms with Crippen LogP contribution in [-0.4, -0.2) is 15.9 Å². The van der Waals surface area contributed by atoms with Crippen molar-refractivity contribution in [2.24, 2.45) is 5.73 Å². The summed E-state index contributed by atoms with van der Waals surface area (Å²) in [6.45, 7) is 8.51. The number of pyridine rings is 1. The zero-order valence-electron chi connectivity index (χ0n) is 16.2. The third-order valence-electron chi connectivity index (χ3n) is 4.46. The Morgan fingerprint density at radius 1 is 1.33 bits per heavy atom. The molecule has 1 atom stereocenters. The van der Waals surface area contributed by atoms with Crippen LogP contribution < -0.4 is 11.1 Å². The van der Waals surface area contributed by atoms with Crippen molar-refractivity contribution < 1.29 is 9.21 Å². The molecular formula is C21H26N4O2. The predicted octanol–water partition coefficient (Wildman–Crippen LogP) is 4.57. The topological polar surface area (TPSA) is 94.0 Å². The molecule has 3 N–H and O–H groups in total. The number of oxazole rings is 1. The minimum atomic E-state index is -0.344. The fourth-order valence-electron chi connectivity index (χ4n) is 3.06. The van der Waals surface area contributed by atoms with E-state index in [1.165, 1.54) is 11.8 Å². The quantitative estimate of drug-likeness (QED) is 0.689. The molecule has 27 heavy (non-hydrogen) atoms. The molecule has 0 spiro atoms. The lowest BCUT2D eigenvalue weighted by molar-refractivity contribution is 0.102. The summed E-state index contributed by atoms with van der Waals surface area (Å²) in [4.78, 5) is 21.2. The van der Waals surface area contributed by atoms with Gasteiger partial charge in [-0.05, 0) is 29.5 Å². The van der Waals surface area contributed by atoms with E-state index in [-0.39, 0.29) is 23.1 Å². The maximum Gasteiger partial charge on any atom is 0.277 e. The lowest BCUT2D eigenvalue weighted by Crippen LogP contribution is -2.15. The van der Waals surface area contributed by atoms with Crippen LogP contribution in [0.5, 0.6) is 0 Å². The van der Waals surface area contributed by atoms with E-state index in [4.69, 9.17) is 10.2 Å². The minimum Gasteiger partial charge on any atom is -0.446 e. The molecule has 0 aliphatic carbocycles. The number of benzene rings is 1. The Morgan fingerprint density at radius 3 is 2.81 bits per heavy atom. The van der Waals surface area contributed by atoms with Crippen LogP contribution in [-0.2, 0) is 5.41 Å².